The molecular formula is C12H14ClF4NO3. The summed E-state index contributed by atoms with van der Waals surface area (Å²) >= 11 is 0. The van der Waals surface area contributed by atoms with E-state index in [0.717, 1.165) is 24.3 Å². The number of nitrogens with two attached hydrogens (primary N) is 1. The number of ether oxygens (including phenoxy) is 2. The Bertz CT molecular complexity index is 456. The van der Waals surface area contributed by atoms with Crippen molar-refractivity contribution in [2.24, 2.45) is 5.73 Å². The minimum atomic E-state index is -3.92. The van der Waals surface area contributed by atoms with Crippen molar-refractivity contribution in [3.8, 4) is 5.75 Å². The third-order valence-electron chi connectivity index (χ3n) is 2.40. The maximum atomic E-state index is 13.6. The molecule has 0 aliphatic rings. The summed E-state index contributed by atoms with van der Waals surface area (Å²) in [6.07, 6.45) is 0. The van der Waals surface area contributed by atoms with Crippen LogP contribution in [0.15, 0.2) is 24.3 Å². The quantitative estimate of drug-likeness (QED) is 0.643. The molecule has 21 heavy (non-hydrogen) atoms. The van der Waals surface area contributed by atoms with Crippen molar-refractivity contribution in [3.63, 3.8) is 0 Å². The number of alkyl halides is 4. The Labute approximate surface area is 124 Å². The summed E-state index contributed by atoms with van der Waals surface area (Å²) in [6, 6.07) is 2.33. The maximum Gasteiger partial charge on any atom is 0.387 e. The van der Waals surface area contributed by atoms with Crippen LogP contribution >= 0.6 is 12.4 Å². The highest BCUT2D eigenvalue weighted by atomic mass is 35.5. The van der Waals surface area contributed by atoms with Gasteiger partial charge in [-0.05, 0) is 24.6 Å². The van der Waals surface area contributed by atoms with Gasteiger partial charge >= 0.3 is 18.5 Å². The second-order valence-electron chi connectivity index (χ2n) is 3.77. The van der Waals surface area contributed by atoms with Crippen molar-refractivity contribution in [2.45, 2.75) is 25.5 Å². The molecule has 0 fully saturated rings. The molecule has 0 saturated carbocycles. The molecular weight excluding hydrogens is 318 g/mol. The van der Waals surface area contributed by atoms with Gasteiger partial charge in [0.1, 0.15) is 11.8 Å². The van der Waals surface area contributed by atoms with Crippen LogP contribution in [-0.4, -0.2) is 25.1 Å². The molecule has 0 bridgehead atoms. The molecule has 0 aliphatic carbocycles. The van der Waals surface area contributed by atoms with Gasteiger partial charge in [-0.15, -0.1) is 12.4 Å². The monoisotopic (exact) mass is 331 g/mol. The molecule has 0 radical (unpaired) electrons. The van der Waals surface area contributed by atoms with Gasteiger partial charge < -0.3 is 15.2 Å². The van der Waals surface area contributed by atoms with Crippen LogP contribution in [0.5, 0.6) is 5.75 Å². The van der Waals surface area contributed by atoms with E-state index >= 15 is 0 Å². The van der Waals surface area contributed by atoms with Crippen LogP contribution in [-0.2, 0) is 9.53 Å². The van der Waals surface area contributed by atoms with Gasteiger partial charge in [0.2, 0.25) is 0 Å². The first-order chi connectivity index (χ1) is 9.28. The van der Waals surface area contributed by atoms with Crippen LogP contribution < -0.4 is 10.5 Å². The lowest BCUT2D eigenvalue weighted by Gasteiger charge is -2.22. The molecule has 4 nitrogen and oxygen atoms in total. The van der Waals surface area contributed by atoms with Gasteiger partial charge in [-0.1, -0.05) is 12.1 Å². The predicted octanol–water partition coefficient (Wildman–Crippen LogP) is 2.91. The Balaban J connectivity index is 0.00000400. The van der Waals surface area contributed by atoms with Gasteiger partial charge in [0.05, 0.1) is 6.61 Å². The van der Waals surface area contributed by atoms with Crippen LogP contribution in [0, 0.1) is 0 Å². The molecule has 0 aromatic heterocycles. The third kappa shape index (κ3) is 5.05. The Morgan fingerprint density at radius 1 is 1.29 bits per heavy atom. The summed E-state index contributed by atoms with van der Waals surface area (Å²) in [5, 5.41) is 0. The van der Waals surface area contributed by atoms with E-state index in [1.807, 2.05) is 0 Å². The molecule has 1 rings (SSSR count). The van der Waals surface area contributed by atoms with Gasteiger partial charge in [0.15, 0.2) is 0 Å². The lowest BCUT2D eigenvalue weighted by molar-refractivity contribution is -0.174. The first-order valence-electron chi connectivity index (χ1n) is 5.64. The minimum absolute atomic E-state index is 0. The van der Waals surface area contributed by atoms with Crippen LogP contribution in [0.2, 0.25) is 0 Å². The summed E-state index contributed by atoms with van der Waals surface area (Å²) < 4.78 is 59.4. The topological polar surface area (TPSA) is 61.5 Å². The Morgan fingerprint density at radius 3 is 2.24 bits per heavy atom. The molecule has 0 unspecified atom stereocenters. The van der Waals surface area contributed by atoms with Crippen LogP contribution in [0.1, 0.15) is 18.5 Å². The highest BCUT2D eigenvalue weighted by Crippen LogP contribution is 2.31. The van der Waals surface area contributed by atoms with Crippen molar-refractivity contribution in [3.05, 3.63) is 29.8 Å². The molecule has 1 atom stereocenters. The second-order valence-corrected chi connectivity index (χ2v) is 3.77. The second kappa shape index (κ2) is 8.04. The van der Waals surface area contributed by atoms with E-state index in [9.17, 15) is 22.4 Å². The number of rotatable bonds is 6. The normalized spacial score (nSPS) is 12.5. The Kier molecular flexibility index (Phi) is 7.45. The highest BCUT2D eigenvalue weighted by Gasteiger charge is 2.47. The fraction of sp³-hybridized carbons (Fsp3) is 0.417. The summed E-state index contributed by atoms with van der Waals surface area (Å²) in [6.45, 7) is -1.84. The van der Waals surface area contributed by atoms with Gasteiger partial charge in [-0.25, -0.2) is 4.79 Å². The molecule has 0 spiro atoms. The smallest absolute Gasteiger partial charge is 0.387 e. The number of esters is 1. The van der Waals surface area contributed by atoms with Gasteiger partial charge in [0.25, 0.3) is 0 Å². The van der Waals surface area contributed by atoms with Crippen molar-refractivity contribution in [2.75, 3.05) is 6.61 Å². The molecule has 9 heteroatoms. The molecule has 0 heterocycles. The van der Waals surface area contributed by atoms with E-state index in [2.05, 4.69) is 9.47 Å². The Hall–Kier alpha value is -1.54. The zero-order valence-electron chi connectivity index (χ0n) is 10.9. The maximum absolute atomic E-state index is 13.6. The summed E-state index contributed by atoms with van der Waals surface area (Å²) in [5.41, 5.74) is 5.21. The molecule has 0 aliphatic heterocycles. The van der Waals surface area contributed by atoms with E-state index in [1.54, 1.807) is 0 Å². The van der Waals surface area contributed by atoms with Crippen molar-refractivity contribution < 1.29 is 31.8 Å². The number of hydrogen-bond acceptors (Lipinski definition) is 4. The van der Waals surface area contributed by atoms with Gasteiger partial charge in [-0.2, -0.15) is 17.6 Å². The Morgan fingerprint density at radius 2 is 1.81 bits per heavy atom. The van der Waals surface area contributed by atoms with E-state index in [-0.39, 0.29) is 30.3 Å². The van der Waals surface area contributed by atoms with Crippen LogP contribution in [0.4, 0.5) is 17.6 Å². The minimum Gasteiger partial charge on any atom is -0.462 e. The molecule has 120 valence electrons. The molecule has 1 aromatic rings. The summed E-state index contributed by atoms with van der Waals surface area (Å²) in [7, 11) is 0. The van der Waals surface area contributed by atoms with Gasteiger partial charge in [0, 0.05) is 0 Å². The van der Waals surface area contributed by atoms with Crippen LogP contribution in [0.3, 0.4) is 0 Å². The largest absolute Gasteiger partial charge is 0.462 e. The molecule has 0 saturated heterocycles. The standard InChI is InChI=1S/C12H13F4NO3.ClH/c1-2-19-10(18)12(15,16)9(17)7-3-5-8(6-4-7)20-11(13)14;/h3-6,9,11H,2,17H2,1H3;1H/t9-;/m0./s1. The number of carbonyl (C=O) groups excluding carboxylic acids is 1. The molecule has 1 aromatic carbocycles. The number of benzene rings is 1. The van der Waals surface area contributed by atoms with Crippen molar-refractivity contribution >= 4 is 18.4 Å². The number of carbonyl (C=O) groups is 1. The van der Waals surface area contributed by atoms with Crippen molar-refractivity contribution in [1.82, 2.24) is 0 Å². The average molecular weight is 332 g/mol. The first kappa shape index (κ1) is 19.5. The first-order valence-corrected chi connectivity index (χ1v) is 5.64. The zero-order valence-corrected chi connectivity index (χ0v) is 11.7. The lowest BCUT2D eigenvalue weighted by Crippen LogP contribution is -2.41. The van der Waals surface area contributed by atoms with E-state index in [4.69, 9.17) is 5.73 Å². The summed E-state index contributed by atoms with van der Waals surface area (Å²) in [5.74, 6) is -5.85. The van der Waals surface area contributed by atoms with E-state index in [1.165, 1.54) is 6.92 Å². The SMILES string of the molecule is CCOC(=O)C(F)(F)[C@@H](N)c1ccc(OC(F)F)cc1.Cl. The predicted molar refractivity (Wildman–Crippen MR) is 68.8 cm³/mol. The number of hydrogen-bond donors (Lipinski definition) is 1. The zero-order chi connectivity index (χ0) is 15.3. The van der Waals surface area contributed by atoms with Gasteiger partial charge in [-0.3, -0.25) is 0 Å². The average Bonchev–Trinajstić information content (AvgIpc) is 2.38. The fourth-order valence-corrected chi connectivity index (χ4v) is 1.42. The van der Waals surface area contributed by atoms with Crippen molar-refractivity contribution in [1.29, 1.82) is 0 Å². The molecule has 0 amide bonds. The fourth-order valence-electron chi connectivity index (χ4n) is 1.42. The van der Waals surface area contributed by atoms with Crippen LogP contribution in [0.25, 0.3) is 0 Å². The lowest BCUT2D eigenvalue weighted by atomic mass is 10.0. The summed E-state index contributed by atoms with van der Waals surface area (Å²) in [4.78, 5) is 11.1. The highest BCUT2D eigenvalue weighted by molar-refractivity contribution is 5.85. The number of halogens is 5. The molecule has 2 N–H and O–H groups in total. The van der Waals surface area contributed by atoms with E-state index < -0.39 is 24.5 Å². The third-order valence-corrected chi connectivity index (χ3v) is 2.40. The van der Waals surface area contributed by atoms with E-state index in [0.29, 0.717) is 0 Å².